The second-order valence-electron chi connectivity index (χ2n) is 16.2. The van der Waals surface area contributed by atoms with Gasteiger partial charge >= 0.3 is 52.0 Å². The Kier molecular flexibility index (Phi) is 39.6. The molecular formula is C37H77FN20O22S5. The lowest BCUT2D eigenvalue weighted by Crippen LogP contribution is -2.29. The minimum absolute atomic E-state index is 0. The number of ether oxygens (including phenoxy) is 2. The van der Waals surface area contributed by atoms with E-state index >= 15 is 0 Å². The number of alkyl halides is 1. The summed E-state index contributed by atoms with van der Waals surface area (Å²) in [6, 6.07) is 0. The predicted octanol–water partition coefficient (Wildman–Crippen LogP) is -2.70. The van der Waals surface area contributed by atoms with Crippen molar-refractivity contribution < 1.29 is 99.6 Å². The van der Waals surface area contributed by atoms with E-state index in [2.05, 4.69) is 72.8 Å². The number of unbranched alkanes of at least 4 members (excludes halogenated alkanes) is 1. The third-order valence-corrected chi connectivity index (χ3v) is 11.4. The van der Waals surface area contributed by atoms with Crippen molar-refractivity contribution in [2.75, 3.05) is 79.1 Å². The van der Waals surface area contributed by atoms with Gasteiger partial charge in [-0.25, -0.2) is 39.6 Å². The van der Waals surface area contributed by atoms with Gasteiger partial charge in [0.1, 0.15) is 13.5 Å². The maximum atomic E-state index is 12.2. The van der Waals surface area contributed by atoms with Gasteiger partial charge in [0.2, 0.25) is 0 Å². The lowest BCUT2D eigenvalue weighted by Gasteiger charge is -2.20. The fourth-order valence-corrected chi connectivity index (χ4v) is 7.57. The zero-order chi connectivity index (χ0) is 60.0. The van der Waals surface area contributed by atoms with E-state index in [9.17, 15) is 46.5 Å². The van der Waals surface area contributed by atoms with Gasteiger partial charge in [-0.1, -0.05) is 35.7 Å². The second kappa shape index (κ2) is 41.4. The van der Waals surface area contributed by atoms with E-state index in [0.717, 1.165) is 0 Å². The van der Waals surface area contributed by atoms with Gasteiger partial charge in [-0.05, 0) is 19.3 Å². The molecule has 0 unspecified atom stereocenters. The zero-order valence-electron chi connectivity index (χ0n) is 44.2. The maximum Gasteiger partial charge on any atom is 0.397 e. The quantitative estimate of drug-likeness (QED) is 0.0159. The largest absolute Gasteiger partial charge is 0.400 e. The smallest absolute Gasteiger partial charge is 0.397 e. The minimum atomic E-state index is -4.59. The highest BCUT2D eigenvalue weighted by Crippen LogP contribution is 2.11. The first-order valence-corrected chi connectivity index (χ1v) is 30.0. The molecule has 0 atom stereocenters. The molecule has 0 bridgehead atoms. The highest BCUT2D eigenvalue weighted by molar-refractivity contribution is 7.81. The molecule has 4 heterocycles. The molecule has 0 aromatic carbocycles. The van der Waals surface area contributed by atoms with E-state index in [4.69, 9.17) is 43.7 Å². The minimum Gasteiger partial charge on any atom is -0.400 e. The number of nitrogens with zero attached hydrogens (tertiary/aromatic N) is 14. The number of aromatic nitrogens is 12. The van der Waals surface area contributed by atoms with E-state index in [0.29, 0.717) is 47.0 Å². The summed E-state index contributed by atoms with van der Waals surface area (Å²) in [6.45, 7) is 0.0537. The van der Waals surface area contributed by atoms with Crippen LogP contribution in [0, 0.1) is 0 Å². The van der Waals surface area contributed by atoms with Crippen molar-refractivity contribution in [3.05, 3.63) is 71.4 Å². The van der Waals surface area contributed by atoms with Gasteiger partial charge in [0.05, 0.1) is 94.6 Å². The topological polar surface area (TPSA) is 612 Å². The Bertz CT molecular complexity index is 3120. The second-order valence-corrected chi connectivity index (χ2v) is 21.6. The van der Waals surface area contributed by atoms with Gasteiger partial charge in [0.25, 0.3) is 0 Å². The molecule has 0 saturated carbocycles. The van der Waals surface area contributed by atoms with Crippen LogP contribution >= 0.6 is 0 Å². The third kappa shape index (κ3) is 42.7. The van der Waals surface area contributed by atoms with Crippen LogP contribution in [0.5, 0.6) is 0 Å². The standard InChI is InChI=1S/C18H33N9O13S3.C17H30FN9O9S2.2CH4.2H3N/c19-16(9-20-3-7-39-42(31,32)33)10-25(11-17-13-26(23-21-17)4-8-40-43(34,35)36)12-18-14-27(24-22-18)15-37-5-1-2-6-38-41(28,29)30;18-2-1-5-34-14-27-13-17(22-24-27)11-25(9-15(19)8-20-3-6-35-37(28,29)30)10-16-12-26(23-21-16)4-7-36-38(31,32)33;;;;/h9,13-14,20H,1-8,10-12,15,19H2,(H,28,29,30)(H,31,32,33)(H,34,35,36);8,12-13,20H,1-7,9-11,14,19H2,(H,28,29,30)(H,31,32,33);2*1H4;2*1H3/b16-9-;15-8-;;;;. The van der Waals surface area contributed by atoms with Crippen LogP contribution in [0.25, 0.3) is 0 Å². The molecule has 85 heavy (non-hydrogen) atoms. The molecule has 0 radical (unpaired) electrons. The Hall–Kier alpha value is -5.72. The molecule has 4 aromatic heterocycles. The Balaban J connectivity index is 0. The van der Waals surface area contributed by atoms with Crippen molar-refractivity contribution in [3.63, 3.8) is 0 Å². The molecular weight excluding hydrogens is 1260 g/mol. The van der Waals surface area contributed by atoms with E-state index in [1.807, 2.05) is 9.80 Å². The summed E-state index contributed by atoms with van der Waals surface area (Å²) in [7, 11) is -22.7. The lowest BCUT2D eigenvalue weighted by atomic mass is 10.3. The van der Waals surface area contributed by atoms with E-state index in [1.54, 1.807) is 18.6 Å². The van der Waals surface area contributed by atoms with Crippen molar-refractivity contribution in [2.24, 2.45) is 11.5 Å². The number of hydrogen-bond donors (Lipinski definition) is 11. The summed E-state index contributed by atoms with van der Waals surface area (Å²) in [4.78, 5) is 3.65. The van der Waals surface area contributed by atoms with E-state index in [-0.39, 0.29) is 159 Å². The van der Waals surface area contributed by atoms with Crippen molar-refractivity contribution in [2.45, 2.75) is 86.8 Å². The van der Waals surface area contributed by atoms with E-state index < -0.39 is 58.7 Å². The van der Waals surface area contributed by atoms with Crippen LogP contribution in [-0.4, -0.2) is 214 Å². The van der Waals surface area contributed by atoms with E-state index in [1.165, 1.54) is 37.3 Å². The number of nitrogens with two attached hydrogens (primary N) is 2. The first-order chi connectivity index (χ1) is 38.0. The van der Waals surface area contributed by atoms with Crippen LogP contribution in [0.2, 0.25) is 0 Å². The Labute approximate surface area is 491 Å². The summed E-state index contributed by atoms with van der Waals surface area (Å²) in [5.74, 6) is 0. The monoisotopic (exact) mass is 1330 g/mol. The van der Waals surface area contributed by atoms with Crippen LogP contribution in [-0.2, 0) is 135 Å². The molecule has 4 rings (SSSR count). The third-order valence-electron chi connectivity index (χ3n) is 9.12. The molecule has 0 spiro atoms. The zero-order valence-corrected chi connectivity index (χ0v) is 48.2. The van der Waals surface area contributed by atoms with Gasteiger partial charge in [-0.15, -0.1) is 20.4 Å². The summed E-state index contributed by atoms with van der Waals surface area (Å²) in [5.41, 5.74) is 14.9. The molecule has 0 aliphatic carbocycles. The van der Waals surface area contributed by atoms with Gasteiger partial charge in [0.15, 0.2) is 0 Å². The number of rotatable bonds is 43. The summed E-state index contributed by atoms with van der Waals surface area (Å²) in [6.07, 6.45) is 10.3. The first-order valence-electron chi connectivity index (χ1n) is 23.2. The molecule has 0 saturated heterocycles. The summed E-state index contributed by atoms with van der Waals surface area (Å²) in [5, 5.41) is 37.5. The number of halogens is 1. The van der Waals surface area contributed by atoms with Gasteiger partial charge in [-0.3, -0.25) is 37.0 Å². The molecule has 17 N–H and O–H groups in total. The Morgan fingerprint density at radius 2 is 0.776 bits per heavy atom. The van der Waals surface area contributed by atoms with Crippen molar-refractivity contribution >= 4 is 52.0 Å². The van der Waals surface area contributed by atoms with Gasteiger partial charge in [0, 0.05) is 95.2 Å². The fourth-order valence-electron chi connectivity index (χ4n) is 6.08. The van der Waals surface area contributed by atoms with Crippen LogP contribution in [0.3, 0.4) is 0 Å². The van der Waals surface area contributed by atoms with Gasteiger partial charge < -0.3 is 43.9 Å². The Morgan fingerprint density at radius 3 is 1.12 bits per heavy atom. The Morgan fingerprint density at radius 1 is 0.482 bits per heavy atom. The molecule has 4 aromatic rings. The maximum absolute atomic E-state index is 12.2. The number of hydrogen-bond acceptors (Lipinski definition) is 33. The highest BCUT2D eigenvalue weighted by atomic mass is 32.3. The van der Waals surface area contributed by atoms with Crippen LogP contribution in [0.4, 0.5) is 4.39 Å². The molecule has 48 heteroatoms. The fraction of sp³-hybridized carbons (Fsp3) is 0.676. The average molecular weight is 1330 g/mol. The predicted molar refractivity (Wildman–Crippen MR) is 292 cm³/mol. The van der Waals surface area contributed by atoms with Gasteiger partial charge in [-0.2, -0.15) is 42.1 Å². The lowest BCUT2D eigenvalue weighted by molar-refractivity contribution is 0.0628. The first kappa shape index (κ1) is 81.3. The van der Waals surface area contributed by atoms with Crippen LogP contribution < -0.4 is 34.4 Å². The molecule has 42 nitrogen and oxygen atoms in total. The summed E-state index contributed by atoms with van der Waals surface area (Å²) < 4.78 is 199. The molecule has 0 aliphatic rings. The SMILES string of the molecule is C.C.N.N.N/C(=C\NCCOS(=O)(=O)O)CN(Cc1cn(CCOS(=O)(=O)O)nn1)Cc1cn(COCCCCOS(=O)(=O)O)nn1.N/C(=C\NCCOS(=O)(=O)O)CN(Cc1cn(CCOS(=O)(=O)O)nn1)Cc1cn(COCCCF)nn1. The normalized spacial score (nSPS) is 12.4. The van der Waals surface area contributed by atoms with Crippen molar-refractivity contribution in [1.29, 1.82) is 0 Å². The van der Waals surface area contributed by atoms with Crippen molar-refractivity contribution in [3.8, 4) is 0 Å². The number of nitrogens with one attached hydrogen (secondary N) is 2. The van der Waals surface area contributed by atoms with Crippen molar-refractivity contribution in [1.82, 2.24) is 92.7 Å². The highest BCUT2D eigenvalue weighted by Gasteiger charge is 2.17. The summed E-state index contributed by atoms with van der Waals surface area (Å²) >= 11 is 0. The average Bonchev–Trinajstić information content (AvgIpc) is 4.32. The molecule has 0 aliphatic heterocycles. The van der Waals surface area contributed by atoms with Crippen LogP contribution in [0.1, 0.15) is 56.9 Å². The molecule has 0 amide bonds. The van der Waals surface area contributed by atoms with Crippen LogP contribution in [0.15, 0.2) is 48.6 Å². The molecule has 0 fully saturated rings. The molecule has 494 valence electrons.